The van der Waals surface area contributed by atoms with Gasteiger partial charge >= 0.3 is 6.03 Å². The van der Waals surface area contributed by atoms with Gasteiger partial charge in [-0.25, -0.2) is 4.79 Å². The van der Waals surface area contributed by atoms with Crippen LogP contribution < -0.4 is 15.6 Å². The highest BCUT2D eigenvalue weighted by Gasteiger charge is 2.18. The maximum absolute atomic E-state index is 13.0. The number of rotatable bonds is 8. The second-order valence-electron chi connectivity index (χ2n) is 7.39. The molecule has 0 aliphatic heterocycles. The van der Waals surface area contributed by atoms with Crippen molar-refractivity contribution < 1.29 is 13.9 Å². The first-order valence-corrected chi connectivity index (χ1v) is 10.5. The fourth-order valence-electron chi connectivity index (χ4n) is 3.48. The van der Waals surface area contributed by atoms with Crippen LogP contribution in [0, 0.1) is 0 Å². The Bertz CT molecular complexity index is 1230. The number of fused-ring (bicyclic) bond motifs is 1. The first kappa shape index (κ1) is 21.2. The van der Waals surface area contributed by atoms with Gasteiger partial charge in [0.1, 0.15) is 11.5 Å². The van der Waals surface area contributed by atoms with Crippen LogP contribution in [0.4, 0.5) is 4.79 Å². The van der Waals surface area contributed by atoms with Crippen LogP contribution in [0.2, 0.25) is 0 Å². The molecule has 2 aromatic carbocycles. The van der Waals surface area contributed by atoms with E-state index in [1.165, 1.54) is 0 Å². The second kappa shape index (κ2) is 9.87. The van der Waals surface area contributed by atoms with Gasteiger partial charge in [-0.05, 0) is 48.9 Å². The molecule has 4 aromatic rings. The summed E-state index contributed by atoms with van der Waals surface area (Å²) < 4.78 is 11.0. The number of ether oxygens (including phenoxy) is 1. The molecule has 0 atom stereocenters. The molecule has 2 amide bonds. The lowest BCUT2D eigenvalue weighted by atomic mass is 10.1. The van der Waals surface area contributed by atoms with Crippen LogP contribution in [0.1, 0.15) is 23.8 Å². The van der Waals surface area contributed by atoms with E-state index in [1.54, 1.807) is 29.4 Å². The van der Waals surface area contributed by atoms with Crippen LogP contribution in [-0.4, -0.2) is 22.5 Å². The van der Waals surface area contributed by atoms with Crippen molar-refractivity contribution in [2.45, 2.75) is 26.6 Å². The molecular formula is C25H25N3O4. The van der Waals surface area contributed by atoms with Gasteiger partial charge in [0.25, 0.3) is 5.56 Å². The minimum Gasteiger partial charge on any atom is -0.494 e. The van der Waals surface area contributed by atoms with Crippen molar-refractivity contribution in [3.63, 3.8) is 0 Å². The smallest absolute Gasteiger partial charge is 0.318 e. The summed E-state index contributed by atoms with van der Waals surface area (Å²) >= 11 is 0. The number of amides is 2. The van der Waals surface area contributed by atoms with Crippen molar-refractivity contribution in [1.29, 1.82) is 0 Å². The molecule has 0 saturated heterocycles. The number of benzene rings is 2. The molecule has 2 heterocycles. The van der Waals surface area contributed by atoms with Gasteiger partial charge in [-0.3, -0.25) is 4.79 Å². The Balaban J connectivity index is 1.58. The molecule has 4 rings (SSSR count). The van der Waals surface area contributed by atoms with E-state index < -0.39 is 0 Å². The number of H-pyrrole nitrogens is 1. The van der Waals surface area contributed by atoms with Gasteiger partial charge in [0.05, 0.1) is 26.0 Å². The van der Waals surface area contributed by atoms with Gasteiger partial charge in [-0.15, -0.1) is 0 Å². The van der Waals surface area contributed by atoms with Gasteiger partial charge < -0.3 is 24.4 Å². The summed E-state index contributed by atoms with van der Waals surface area (Å²) in [6.45, 7) is 3.24. The Morgan fingerprint density at radius 1 is 1.06 bits per heavy atom. The second-order valence-corrected chi connectivity index (χ2v) is 7.39. The van der Waals surface area contributed by atoms with Gasteiger partial charge in [0.2, 0.25) is 0 Å². The predicted molar refractivity (Wildman–Crippen MR) is 122 cm³/mol. The van der Waals surface area contributed by atoms with Gasteiger partial charge in [0.15, 0.2) is 0 Å². The molecular weight excluding hydrogens is 406 g/mol. The Morgan fingerprint density at radius 3 is 2.66 bits per heavy atom. The van der Waals surface area contributed by atoms with Crippen LogP contribution in [0.3, 0.4) is 0 Å². The number of hydrogen-bond donors (Lipinski definition) is 2. The molecule has 7 nitrogen and oxygen atoms in total. The monoisotopic (exact) mass is 431 g/mol. The molecule has 0 saturated carbocycles. The van der Waals surface area contributed by atoms with Crippen LogP contribution in [0.5, 0.6) is 5.75 Å². The lowest BCUT2D eigenvalue weighted by Crippen LogP contribution is -2.39. The van der Waals surface area contributed by atoms with E-state index in [0.717, 1.165) is 16.7 Å². The van der Waals surface area contributed by atoms with Crippen molar-refractivity contribution in [3.8, 4) is 5.75 Å². The van der Waals surface area contributed by atoms with E-state index in [4.69, 9.17) is 9.15 Å². The standard InChI is InChI=1S/C25H25N3O4/c1-2-31-21-10-11-23-19(14-21)13-20(24(29)27-23)16-28(17-22-9-6-12-32-22)25(30)26-15-18-7-4-3-5-8-18/h3-14H,2,15-17H2,1H3,(H,26,30)(H,27,29). The number of nitrogens with zero attached hydrogens (tertiary/aromatic N) is 1. The van der Waals surface area contributed by atoms with Crippen molar-refractivity contribution in [3.05, 3.63) is 100 Å². The SMILES string of the molecule is CCOc1ccc2[nH]c(=O)c(CN(Cc3ccco3)C(=O)NCc3ccccc3)cc2c1. The fraction of sp³-hybridized carbons (Fsp3) is 0.200. The molecule has 0 unspecified atom stereocenters. The Labute approximate surface area is 185 Å². The number of nitrogens with one attached hydrogen (secondary N) is 2. The summed E-state index contributed by atoms with van der Waals surface area (Å²) in [5.41, 5.74) is 1.95. The average Bonchev–Trinajstić information content (AvgIpc) is 3.32. The quantitative estimate of drug-likeness (QED) is 0.432. The predicted octanol–water partition coefficient (Wildman–Crippen LogP) is 4.43. The highest BCUT2D eigenvalue weighted by atomic mass is 16.5. The number of pyridine rings is 1. The third-order valence-corrected chi connectivity index (χ3v) is 5.07. The molecule has 7 heteroatoms. The van der Waals surface area contributed by atoms with Crippen LogP contribution in [0.15, 0.2) is 82.2 Å². The van der Waals surface area contributed by atoms with E-state index in [1.807, 2.05) is 55.5 Å². The zero-order chi connectivity index (χ0) is 22.3. The molecule has 164 valence electrons. The first-order chi connectivity index (χ1) is 15.6. The summed E-state index contributed by atoms with van der Waals surface area (Å²) in [6.07, 6.45) is 1.56. The lowest BCUT2D eigenvalue weighted by Gasteiger charge is -2.22. The average molecular weight is 431 g/mol. The van der Waals surface area contributed by atoms with Crippen molar-refractivity contribution in [2.75, 3.05) is 6.61 Å². The van der Waals surface area contributed by atoms with Gasteiger partial charge in [-0.1, -0.05) is 30.3 Å². The molecule has 0 aliphatic rings. The number of carbonyl (C=O) groups is 1. The minimum atomic E-state index is -0.284. The summed E-state index contributed by atoms with van der Waals surface area (Å²) in [4.78, 5) is 30.2. The maximum Gasteiger partial charge on any atom is 0.318 e. The molecule has 0 fully saturated rings. The van der Waals surface area contributed by atoms with E-state index >= 15 is 0 Å². The summed E-state index contributed by atoms with van der Waals surface area (Å²) in [5.74, 6) is 1.36. The van der Waals surface area contributed by atoms with E-state index in [0.29, 0.717) is 30.0 Å². The van der Waals surface area contributed by atoms with Crippen LogP contribution in [-0.2, 0) is 19.6 Å². The van der Waals surface area contributed by atoms with Crippen molar-refractivity contribution in [1.82, 2.24) is 15.2 Å². The molecule has 32 heavy (non-hydrogen) atoms. The zero-order valence-electron chi connectivity index (χ0n) is 17.8. The number of aromatic nitrogens is 1. The number of hydrogen-bond acceptors (Lipinski definition) is 4. The molecule has 2 N–H and O–H groups in total. The van der Waals surface area contributed by atoms with E-state index in [-0.39, 0.29) is 24.7 Å². The Kier molecular flexibility index (Phi) is 6.55. The van der Waals surface area contributed by atoms with Gasteiger partial charge in [0, 0.05) is 23.0 Å². The summed E-state index contributed by atoms with van der Waals surface area (Å²) in [7, 11) is 0. The minimum absolute atomic E-state index is 0.130. The number of carbonyl (C=O) groups excluding carboxylic acids is 1. The fourth-order valence-corrected chi connectivity index (χ4v) is 3.48. The molecule has 0 aliphatic carbocycles. The van der Waals surface area contributed by atoms with E-state index in [2.05, 4.69) is 10.3 Å². The largest absolute Gasteiger partial charge is 0.494 e. The van der Waals surface area contributed by atoms with Crippen molar-refractivity contribution in [2.24, 2.45) is 0 Å². The van der Waals surface area contributed by atoms with E-state index in [9.17, 15) is 9.59 Å². The first-order valence-electron chi connectivity index (χ1n) is 10.5. The van der Waals surface area contributed by atoms with Crippen LogP contribution >= 0.6 is 0 Å². The normalized spacial score (nSPS) is 10.8. The molecule has 2 aromatic heterocycles. The third-order valence-electron chi connectivity index (χ3n) is 5.07. The van der Waals surface area contributed by atoms with Crippen molar-refractivity contribution >= 4 is 16.9 Å². The molecule has 0 spiro atoms. The number of furan rings is 1. The Hall–Kier alpha value is -4.00. The Morgan fingerprint density at radius 2 is 1.91 bits per heavy atom. The van der Waals surface area contributed by atoms with Crippen LogP contribution in [0.25, 0.3) is 10.9 Å². The highest BCUT2D eigenvalue weighted by molar-refractivity contribution is 5.81. The third kappa shape index (κ3) is 5.18. The summed E-state index contributed by atoms with van der Waals surface area (Å²) in [6, 6.07) is 20.3. The topological polar surface area (TPSA) is 87.6 Å². The molecule has 0 bridgehead atoms. The number of urea groups is 1. The molecule has 0 radical (unpaired) electrons. The van der Waals surface area contributed by atoms with Gasteiger partial charge in [-0.2, -0.15) is 0 Å². The zero-order valence-corrected chi connectivity index (χ0v) is 17.8. The highest BCUT2D eigenvalue weighted by Crippen LogP contribution is 2.20. The summed E-state index contributed by atoms with van der Waals surface area (Å²) in [5, 5.41) is 3.77. The number of aromatic amines is 1. The lowest BCUT2D eigenvalue weighted by molar-refractivity contribution is 0.186. The maximum atomic E-state index is 13.0.